The van der Waals surface area contributed by atoms with Gasteiger partial charge in [0.1, 0.15) is 10.9 Å². The fraction of sp³-hybridized carbons (Fsp3) is 0. The lowest BCUT2D eigenvalue weighted by atomic mass is 10.3. The zero-order valence-corrected chi connectivity index (χ0v) is 12.0. The van der Waals surface area contributed by atoms with Gasteiger partial charge in [-0.05, 0) is 24.3 Å². The van der Waals surface area contributed by atoms with Crippen molar-refractivity contribution in [2.45, 2.75) is 0 Å². The van der Waals surface area contributed by atoms with Gasteiger partial charge >= 0.3 is 0 Å². The van der Waals surface area contributed by atoms with E-state index in [-0.39, 0.29) is 0 Å². The van der Waals surface area contributed by atoms with Crippen molar-refractivity contribution < 1.29 is 4.74 Å². The summed E-state index contributed by atoms with van der Waals surface area (Å²) in [6, 6.07) is 17.4. The number of anilines is 2. The van der Waals surface area contributed by atoms with Crippen LogP contribution in [0.5, 0.6) is 11.5 Å². The van der Waals surface area contributed by atoms with Gasteiger partial charge in [0.05, 0.1) is 5.69 Å². The fourth-order valence-electron chi connectivity index (χ4n) is 1.70. The Bertz CT molecular complexity index is 700. The molecule has 0 saturated carbocycles. The topological polar surface area (TPSA) is 34.1 Å². The van der Waals surface area contributed by atoms with Gasteiger partial charge in [-0.25, -0.2) is 4.98 Å². The molecular weight excluding hydrogens is 292 g/mol. The van der Waals surface area contributed by atoms with E-state index in [1.807, 2.05) is 54.6 Å². The van der Waals surface area contributed by atoms with Crippen LogP contribution in [0.15, 0.2) is 60.0 Å². The van der Waals surface area contributed by atoms with Crippen molar-refractivity contribution in [2.75, 3.05) is 5.32 Å². The summed E-state index contributed by atoms with van der Waals surface area (Å²) in [6.07, 6.45) is 0. The predicted octanol–water partition coefficient (Wildman–Crippen LogP) is 5.33. The van der Waals surface area contributed by atoms with Crippen molar-refractivity contribution in [2.24, 2.45) is 0 Å². The number of hydrogen-bond donors (Lipinski definition) is 1. The first-order valence-electron chi connectivity index (χ1n) is 6.01. The number of aromatic nitrogens is 1. The number of benzene rings is 2. The number of hydrogen-bond acceptors (Lipinski definition) is 4. The molecule has 2 aromatic carbocycles. The molecule has 0 radical (unpaired) electrons. The molecule has 3 nitrogen and oxygen atoms in total. The summed E-state index contributed by atoms with van der Waals surface area (Å²) in [4.78, 5) is 4.17. The zero-order valence-electron chi connectivity index (χ0n) is 10.4. The molecular formula is C15H11ClN2OS. The lowest BCUT2D eigenvalue weighted by Gasteiger charge is -2.11. The van der Waals surface area contributed by atoms with Gasteiger partial charge in [-0.3, -0.25) is 0 Å². The van der Waals surface area contributed by atoms with Crippen LogP contribution in [-0.4, -0.2) is 4.98 Å². The lowest BCUT2D eigenvalue weighted by Crippen LogP contribution is -1.93. The summed E-state index contributed by atoms with van der Waals surface area (Å²) in [5, 5.41) is 6.21. The number of thiazole rings is 1. The molecule has 0 unspecified atom stereocenters. The van der Waals surface area contributed by atoms with Gasteiger partial charge in [-0.15, -0.1) is 11.3 Å². The Labute approximate surface area is 125 Å². The first-order chi connectivity index (χ1) is 9.81. The molecule has 0 spiro atoms. The standard InChI is InChI=1S/C15H11ClN2OS/c16-14-10-20-15(18-14)17-12-8-4-5-9-13(12)19-11-6-2-1-3-7-11/h1-10H,(H,17,18). The monoisotopic (exact) mass is 302 g/mol. The fourth-order valence-corrected chi connectivity index (χ4v) is 2.55. The molecule has 100 valence electrons. The van der Waals surface area contributed by atoms with Crippen molar-refractivity contribution >= 4 is 33.8 Å². The lowest BCUT2D eigenvalue weighted by molar-refractivity contribution is 0.485. The van der Waals surface area contributed by atoms with Gasteiger partial charge in [0.15, 0.2) is 10.9 Å². The van der Waals surface area contributed by atoms with E-state index in [0.29, 0.717) is 5.15 Å². The smallest absolute Gasteiger partial charge is 0.188 e. The second kappa shape index (κ2) is 5.94. The van der Waals surface area contributed by atoms with Crippen LogP contribution < -0.4 is 10.1 Å². The average Bonchev–Trinajstić information content (AvgIpc) is 2.88. The van der Waals surface area contributed by atoms with Crippen molar-refractivity contribution in [1.29, 1.82) is 0 Å². The Morgan fingerprint density at radius 3 is 2.50 bits per heavy atom. The van der Waals surface area contributed by atoms with Crippen LogP contribution in [0.3, 0.4) is 0 Å². The SMILES string of the molecule is Clc1csc(Nc2ccccc2Oc2ccccc2)n1. The third-order valence-corrected chi connectivity index (χ3v) is 3.66. The highest BCUT2D eigenvalue weighted by Crippen LogP contribution is 2.32. The minimum absolute atomic E-state index is 0.485. The largest absolute Gasteiger partial charge is 0.455 e. The van der Waals surface area contributed by atoms with Gasteiger partial charge in [-0.2, -0.15) is 0 Å². The quantitative estimate of drug-likeness (QED) is 0.707. The van der Waals surface area contributed by atoms with E-state index in [1.54, 1.807) is 5.38 Å². The third-order valence-electron chi connectivity index (χ3n) is 2.58. The summed E-state index contributed by atoms with van der Waals surface area (Å²) in [7, 11) is 0. The molecule has 0 bridgehead atoms. The Morgan fingerprint density at radius 2 is 1.75 bits per heavy atom. The molecule has 1 heterocycles. The second-order valence-electron chi connectivity index (χ2n) is 4.01. The first kappa shape index (κ1) is 13.0. The van der Waals surface area contributed by atoms with Crippen LogP contribution in [0.1, 0.15) is 0 Å². The molecule has 1 N–H and O–H groups in total. The minimum atomic E-state index is 0.485. The minimum Gasteiger partial charge on any atom is -0.455 e. The third kappa shape index (κ3) is 3.10. The normalized spacial score (nSPS) is 10.2. The molecule has 0 aliphatic rings. The van der Waals surface area contributed by atoms with E-state index < -0.39 is 0 Å². The highest BCUT2D eigenvalue weighted by atomic mass is 35.5. The van der Waals surface area contributed by atoms with Crippen molar-refractivity contribution in [3.05, 3.63) is 65.1 Å². The Balaban J connectivity index is 1.84. The van der Waals surface area contributed by atoms with Gasteiger partial charge in [0, 0.05) is 5.38 Å². The van der Waals surface area contributed by atoms with Crippen molar-refractivity contribution in [3.63, 3.8) is 0 Å². The summed E-state index contributed by atoms with van der Waals surface area (Å²) < 4.78 is 5.87. The Hall–Kier alpha value is -2.04. The highest BCUT2D eigenvalue weighted by molar-refractivity contribution is 7.14. The number of nitrogens with zero attached hydrogens (tertiary/aromatic N) is 1. The molecule has 0 atom stereocenters. The van der Waals surface area contributed by atoms with E-state index in [2.05, 4.69) is 10.3 Å². The molecule has 1 aromatic heterocycles. The molecule has 0 fully saturated rings. The molecule has 0 aliphatic heterocycles. The number of halogens is 1. The number of para-hydroxylation sites is 3. The maximum absolute atomic E-state index is 5.87. The molecule has 3 rings (SSSR count). The molecule has 3 aromatic rings. The van der Waals surface area contributed by atoms with Gasteiger partial charge in [-0.1, -0.05) is 41.9 Å². The van der Waals surface area contributed by atoms with Gasteiger partial charge in [0.2, 0.25) is 0 Å². The van der Waals surface area contributed by atoms with E-state index >= 15 is 0 Å². The van der Waals surface area contributed by atoms with E-state index in [4.69, 9.17) is 16.3 Å². The van der Waals surface area contributed by atoms with Crippen LogP contribution in [0, 0.1) is 0 Å². The Kier molecular flexibility index (Phi) is 3.85. The Morgan fingerprint density at radius 1 is 1.00 bits per heavy atom. The zero-order chi connectivity index (χ0) is 13.8. The van der Waals surface area contributed by atoms with Gasteiger partial charge < -0.3 is 10.1 Å². The molecule has 0 amide bonds. The van der Waals surface area contributed by atoms with Crippen LogP contribution in [0.25, 0.3) is 0 Å². The van der Waals surface area contributed by atoms with Crippen LogP contribution >= 0.6 is 22.9 Å². The first-order valence-corrected chi connectivity index (χ1v) is 7.27. The summed E-state index contributed by atoms with van der Waals surface area (Å²) in [5.41, 5.74) is 0.849. The predicted molar refractivity (Wildman–Crippen MR) is 83.4 cm³/mol. The number of rotatable bonds is 4. The maximum atomic E-state index is 5.87. The van der Waals surface area contributed by atoms with Crippen molar-refractivity contribution in [3.8, 4) is 11.5 Å². The van der Waals surface area contributed by atoms with E-state index in [0.717, 1.165) is 22.3 Å². The van der Waals surface area contributed by atoms with Crippen LogP contribution in [-0.2, 0) is 0 Å². The average molecular weight is 303 g/mol. The second-order valence-corrected chi connectivity index (χ2v) is 5.26. The molecule has 0 saturated heterocycles. The number of nitrogens with one attached hydrogen (secondary N) is 1. The molecule has 0 aliphatic carbocycles. The van der Waals surface area contributed by atoms with Crippen molar-refractivity contribution in [1.82, 2.24) is 4.98 Å². The molecule has 20 heavy (non-hydrogen) atoms. The van der Waals surface area contributed by atoms with Gasteiger partial charge in [0.25, 0.3) is 0 Å². The highest BCUT2D eigenvalue weighted by Gasteiger charge is 2.06. The summed E-state index contributed by atoms with van der Waals surface area (Å²) >= 11 is 7.27. The summed E-state index contributed by atoms with van der Waals surface area (Å²) in [6.45, 7) is 0. The van der Waals surface area contributed by atoms with Crippen LogP contribution in [0.2, 0.25) is 5.15 Å². The molecule has 5 heteroatoms. The van der Waals surface area contributed by atoms with Crippen LogP contribution in [0.4, 0.5) is 10.8 Å². The van der Waals surface area contributed by atoms with E-state index in [1.165, 1.54) is 11.3 Å². The number of ether oxygens (including phenoxy) is 1. The van der Waals surface area contributed by atoms with E-state index in [9.17, 15) is 0 Å². The maximum Gasteiger partial charge on any atom is 0.188 e. The summed E-state index contributed by atoms with van der Waals surface area (Å²) in [5.74, 6) is 1.53.